The molecule has 0 aliphatic rings. The van der Waals surface area contributed by atoms with Crippen molar-refractivity contribution in [2.24, 2.45) is 0 Å². The molecule has 0 bridgehead atoms. The maximum absolute atomic E-state index is 11.9. The zero-order chi connectivity index (χ0) is 13.1. The summed E-state index contributed by atoms with van der Waals surface area (Å²) in [5.41, 5.74) is 0.744. The molecule has 2 rings (SSSR count). The predicted molar refractivity (Wildman–Crippen MR) is 75.0 cm³/mol. The van der Waals surface area contributed by atoms with Crippen LogP contribution in [0.15, 0.2) is 17.7 Å². The number of likely N-dealkylation sites (N-methyl/N-ethyl adjacent to an activating group) is 1. The van der Waals surface area contributed by atoms with Crippen molar-refractivity contribution in [2.45, 2.75) is 13.8 Å². The predicted octanol–water partition coefficient (Wildman–Crippen LogP) is 2.93. The van der Waals surface area contributed by atoms with Crippen molar-refractivity contribution < 1.29 is 4.79 Å². The van der Waals surface area contributed by atoms with Gasteiger partial charge in [-0.15, -0.1) is 11.3 Å². The van der Waals surface area contributed by atoms with Crippen LogP contribution in [-0.2, 0) is 4.79 Å². The number of imidazole rings is 1. The number of carbonyl (C=O) groups is 1. The van der Waals surface area contributed by atoms with E-state index in [4.69, 9.17) is 11.6 Å². The number of hydrogen-bond acceptors (Lipinski definition) is 3. The van der Waals surface area contributed by atoms with Gasteiger partial charge in [-0.2, -0.15) is 0 Å². The fraction of sp³-hybridized carbons (Fsp3) is 0.333. The van der Waals surface area contributed by atoms with Gasteiger partial charge in [0.05, 0.1) is 5.69 Å². The third-order valence-electron chi connectivity index (χ3n) is 2.71. The number of fused-ring (bicyclic) bond motifs is 1. The minimum Gasteiger partial charge on any atom is -0.340 e. The summed E-state index contributed by atoms with van der Waals surface area (Å²) in [6, 6.07) is 0. The summed E-state index contributed by atoms with van der Waals surface area (Å²) in [6.07, 6.45) is 5.15. The van der Waals surface area contributed by atoms with Gasteiger partial charge in [-0.1, -0.05) is 11.6 Å². The molecule has 0 atom stereocenters. The highest BCUT2D eigenvalue weighted by Crippen LogP contribution is 2.22. The number of hydrogen-bond donors (Lipinski definition) is 0. The Balaban J connectivity index is 2.25. The van der Waals surface area contributed by atoms with E-state index in [0.29, 0.717) is 18.2 Å². The van der Waals surface area contributed by atoms with Crippen LogP contribution in [0.4, 0.5) is 0 Å². The number of carbonyl (C=O) groups excluding carboxylic acids is 1. The van der Waals surface area contributed by atoms with Gasteiger partial charge in [0.1, 0.15) is 0 Å². The molecule has 0 radical (unpaired) electrons. The molecular weight excluding hydrogens is 270 g/mol. The minimum atomic E-state index is -0.0127. The fourth-order valence-corrected chi connectivity index (χ4v) is 2.72. The number of aromatic nitrogens is 2. The molecule has 0 N–H and O–H groups in total. The zero-order valence-electron chi connectivity index (χ0n) is 10.3. The van der Waals surface area contributed by atoms with Crippen LogP contribution in [0.25, 0.3) is 11.0 Å². The van der Waals surface area contributed by atoms with Gasteiger partial charge < -0.3 is 4.90 Å². The van der Waals surface area contributed by atoms with Crippen LogP contribution in [0.2, 0.25) is 5.15 Å². The van der Waals surface area contributed by atoms with Gasteiger partial charge in [0.25, 0.3) is 0 Å². The molecule has 0 spiro atoms. The first-order valence-corrected chi connectivity index (χ1v) is 7.01. The van der Waals surface area contributed by atoms with E-state index < -0.39 is 0 Å². The Kier molecular flexibility index (Phi) is 4.04. The summed E-state index contributed by atoms with van der Waals surface area (Å²) in [4.78, 5) is 18.6. The average Bonchev–Trinajstić information content (AvgIpc) is 2.89. The maximum atomic E-state index is 11.9. The molecule has 0 saturated heterocycles. The van der Waals surface area contributed by atoms with Crippen LogP contribution in [0.5, 0.6) is 0 Å². The van der Waals surface area contributed by atoms with Crippen LogP contribution in [-0.4, -0.2) is 33.3 Å². The van der Waals surface area contributed by atoms with Crippen LogP contribution in [0.1, 0.15) is 19.5 Å². The summed E-state index contributed by atoms with van der Waals surface area (Å²) in [7, 11) is 0. The largest absolute Gasteiger partial charge is 0.340 e. The second-order valence-corrected chi connectivity index (χ2v) is 4.92. The number of halogens is 1. The van der Waals surface area contributed by atoms with Crippen molar-refractivity contribution >= 4 is 39.9 Å². The smallest absolute Gasteiger partial charge is 0.246 e. The Hall–Kier alpha value is -1.33. The van der Waals surface area contributed by atoms with Gasteiger partial charge >= 0.3 is 0 Å². The number of rotatable bonds is 4. The molecule has 0 saturated carbocycles. The molecule has 0 unspecified atom stereocenters. The summed E-state index contributed by atoms with van der Waals surface area (Å²) in [6.45, 7) is 5.32. The highest BCUT2D eigenvalue weighted by molar-refractivity contribution is 7.15. The molecule has 4 nitrogen and oxygen atoms in total. The third kappa shape index (κ3) is 2.42. The van der Waals surface area contributed by atoms with Gasteiger partial charge in [0.15, 0.2) is 10.1 Å². The van der Waals surface area contributed by atoms with Crippen molar-refractivity contribution in [2.75, 3.05) is 13.1 Å². The van der Waals surface area contributed by atoms with Crippen molar-refractivity contribution in [1.82, 2.24) is 14.3 Å². The van der Waals surface area contributed by atoms with E-state index in [1.165, 1.54) is 11.3 Å². The van der Waals surface area contributed by atoms with E-state index >= 15 is 0 Å². The third-order valence-corrected chi connectivity index (χ3v) is 3.75. The molecule has 0 aliphatic carbocycles. The van der Waals surface area contributed by atoms with Gasteiger partial charge in [-0.05, 0) is 19.9 Å². The fourth-order valence-electron chi connectivity index (χ4n) is 1.72. The SMILES string of the molecule is CCN(CC)C(=O)C=Cc1c(Cl)nc2sccn12. The van der Waals surface area contributed by atoms with Crippen LogP contribution >= 0.6 is 22.9 Å². The van der Waals surface area contributed by atoms with Crippen LogP contribution in [0, 0.1) is 0 Å². The Morgan fingerprint density at radius 2 is 2.28 bits per heavy atom. The molecule has 2 aromatic heterocycles. The lowest BCUT2D eigenvalue weighted by atomic mass is 10.3. The number of thiazole rings is 1. The summed E-state index contributed by atoms with van der Waals surface area (Å²) < 4.78 is 1.87. The lowest BCUT2D eigenvalue weighted by molar-refractivity contribution is -0.125. The van der Waals surface area contributed by atoms with E-state index in [2.05, 4.69) is 4.98 Å². The molecule has 6 heteroatoms. The molecule has 1 amide bonds. The summed E-state index contributed by atoms with van der Waals surface area (Å²) in [5, 5.41) is 2.35. The minimum absolute atomic E-state index is 0.0127. The first-order chi connectivity index (χ1) is 8.67. The van der Waals surface area contributed by atoms with E-state index in [9.17, 15) is 4.79 Å². The van der Waals surface area contributed by atoms with Crippen molar-refractivity contribution in [1.29, 1.82) is 0 Å². The molecule has 0 aromatic carbocycles. The molecule has 18 heavy (non-hydrogen) atoms. The molecule has 0 fully saturated rings. The van der Waals surface area contributed by atoms with Crippen molar-refractivity contribution in [3.05, 3.63) is 28.5 Å². The van der Waals surface area contributed by atoms with Crippen LogP contribution < -0.4 is 0 Å². The number of amides is 1. The summed E-state index contributed by atoms with van der Waals surface area (Å²) >= 11 is 7.55. The normalized spacial score (nSPS) is 11.5. The highest BCUT2D eigenvalue weighted by Gasteiger charge is 2.10. The topological polar surface area (TPSA) is 37.6 Å². The molecule has 2 aromatic rings. The lowest BCUT2D eigenvalue weighted by Crippen LogP contribution is -2.28. The second-order valence-electron chi connectivity index (χ2n) is 3.69. The molecular formula is C12H14ClN3OS. The van der Waals surface area contributed by atoms with Gasteiger partial charge in [-0.25, -0.2) is 4.98 Å². The van der Waals surface area contributed by atoms with Crippen LogP contribution in [0.3, 0.4) is 0 Å². The van der Waals surface area contributed by atoms with Gasteiger partial charge in [0.2, 0.25) is 5.91 Å². The van der Waals surface area contributed by atoms with E-state index in [-0.39, 0.29) is 5.91 Å². The quantitative estimate of drug-likeness (QED) is 0.809. The first-order valence-electron chi connectivity index (χ1n) is 5.75. The van der Waals surface area contributed by atoms with E-state index in [0.717, 1.165) is 10.7 Å². The monoisotopic (exact) mass is 283 g/mol. The zero-order valence-corrected chi connectivity index (χ0v) is 11.8. The van der Waals surface area contributed by atoms with Gasteiger partial charge in [-0.3, -0.25) is 9.20 Å². The lowest BCUT2D eigenvalue weighted by Gasteiger charge is -2.15. The Labute approximate surface area is 114 Å². The summed E-state index contributed by atoms with van der Waals surface area (Å²) in [5.74, 6) is -0.0127. The van der Waals surface area contributed by atoms with E-state index in [1.54, 1.807) is 17.1 Å². The van der Waals surface area contributed by atoms with Gasteiger partial charge in [0, 0.05) is 30.7 Å². The highest BCUT2D eigenvalue weighted by atomic mass is 35.5. The Bertz CT molecular complexity index is 583. The first kappa shape index (κ1) is 13.1. The molecule has 2 heterocycles. The van der Waals surface area contributed by atoms with Crippen molar-refractivity contribution in [3.63, 3.8) is 0 Å². The van der Waals surface area contributed by atoms with E-state index in [1.807, 2.05) is 29.8 Å². The Morgan fingerprint density at radius 3 is 2.94 bits per heavy atom. The standard InChI is InChI=1S/C12H14ClN3OS/c1-3-15(4-2)10(17)6-5-9-11(13)14-12-16(9)7-8-18-12/h5-8H,3-4H2,1-2H3. The average molecular weight is 284 g/mol. The number of nitrogens with zero attached hydrogens (tertiary/aromatic N) is 3. The Morgan fingerprint density at radius 1 is 1.56 bits per heavy atom. The van der Waals surface area contributed by atoms with Crippen molar-refractivity contribution in [3.8, 4) is 0 Å². The second kappa shape index (κ2) is 5.54. The molecule has 96 valence electrons. The molecule has 0 aliphatic heterocycles. The maximum Gasteiger partial charge on any atom is 0.246 e.